The van der Waals surface area contributed by atoms with E-state index >= 15 is 0 Å². The lowest BCUT2D eigenvalue weighted by molar-refractivity contribution is -0.121. The van der Waals surface area contributed by atoms with Gasteiger partial charge in [0.05, 0.1) is 16.2 Å². The van der Waals surface area contributed by atoms with Crippen molar-refractivity contribution in [1.29, 1.82) is 0 Å². The first-order chi connectivity index (χ1) is 12.3. The largest absolute Gasteiger partial charge is 0.478 e. The number of carbonyl (C=O) groups excluding carboxylic acids is 1. The van der Waals surface area contributed by atoms with Gasteiger partial charge in [0.15, 0.2) is 9.84 Å². The first-order valence-electron chi connectivity index (χ1n) is 8.22. The SMILES string of the molecule is CCS(=O)(=O)c1ccc(CCC(=O)NCc2ccc(C(=O)O)cc2)cc1. The van der Waals surface area contributed by atoms with Crippen LogP contribution >= 0.6 is 0 Å². The van der Waals surface area contributed by atoms with Gasteiger partial charge < -0.3 is 10.4 Å². The van der Waals surface area contributed by atoms with Gasteiger partial charge >= 0.3 is 5.97 Å². The zero-order valence-electron chi connectivity index (χ0n) is 14.4. The number of benzene rings is 2. The summed E-state index contributed by atoms with van der Waals surface area (Å²) in [5.41, 5.74) is 1.91. The second-order valence-corrected chi connectivity index (χ2v) is 8.10. The summed E-state index contributed by atoms with van der Waals surface area (Å²) in [6.45, 7) is 1.93. The molecule has 0 aliphatic rings. The van der Waals surface area contributed by atoms with Crippen LogP contribution in [-0.2, 0) is 27.6 Å². The number of hydrogen-bond donors (Lipinski definition) is 2. The van der Waals surface area contributed by atoms with Gasteiger partial charge in [-0.2, -0.15) is 0 Å². The van der Waals surface area contributed by atoms with E-state index in [9.17, 15) is 18.0 Å². The van der Waals surface area contributed by atoms with Gasteiger partial charge in [-0.1, -0.05) is 31.2 Å². The van der Waals surface area contributed by atoms with Crippen LogP contribution in [0.25, 0.3) is 0 Å². The highest BCUT2D eigenvalue weighted by atomic mass is 32.2. The molecule has 0 spiro atoms. The fraction of sp³-hybridized carbons (Fsp3) is 0.263. The van der Waals surface area contributed by atoms with Crippen LogP contribution in [0.3, 0.4) is 0 Å². The van der Waals surface area contributed by atoms with E-state index in [0.29, 0.717) is 13.0 Å². The van der Waals surface area contributed by atoms with Crippen molar-refractivity contribution in [3.8, 4) is 0 Å². The van der Waals surface area contributed by atoms with Crippen LogP contribution in [0.4, 0.5) is 0 Å². The normalized spacial score (nSPS) is 11.1. The number of aryl methyl sites for hydroxylation is 1. The molecule has 2 aromatic rings. The maximum Gasteiger partial charge on any atom is 0.335 e. The van der Waals surface area contributed by atoms with E-state index in [-0.39, 0.29) is 28.5 Å². The topological polar surface area (TPSA) is 101 Å². The summed E-state index contributed by atoms with van der Waals surface area (Å²) < 4.78 is 23.5. The van der Waals surface area contributed by atoms with Crippen molar-refractivity contribution in [1.82, 2.24) is 5.32 Å². The molecule has 6 nitrogen and oxygen atoms in total. The van der Waals surface area contributed by atoms with Crippen molar-refractivity contribution in [3.63, 3.8) is 0 Å². The molecule has 1 amide bonds. The number of rotatable bonds is 8. The predicted octanol–water partition coefficient (Wildman–Crippen LogP) is 2.43. The number of carboxylic acids is 1. The van der Waals surface area contributed by atoms with E-state index < -0.39 is 15.8 Å². The van der Waals surface area contributed by atoms with Gasteiger partial charge in [0.25, 0.3) is 0 Å². The first kappa shape index (κ1) is 19.7. The molecule has 2 N–H and O–H groups in total. The zero-order chi connectivity index (χ0) is 19.2. The summed E-state index contributed by atoms with van der Waals surface area (Å²) in [5.74, 6) is -1.06. The van der Waals surface area contributed by atoms with Gasteiger partial charge in [-0.15, -0.1) is 0 Å². The van der Waals surface area contributed by atoms with Crippen molar-refractivity contribution in [2.75, 3.05) is 5.75 Å². The number of amides is 1. The Morgan fingerprint density at radius 3 is 2.08 bits per heavy atom. The number of hydrogen-bond acceptors (Lipinski definition) is 4. The lowest BCUT2D eigenvalue weighted by Gasteiger charge is -2.07. The van der Waals surface area contributed by atoms with Gasteiger partial charge in [-0.05, 0) is 41.8 Å². The summed E-state index contributed by atoms with van der Waals surface area (Å²) >= 11 is 0. The average Bonchev–Trinajstić information content (AvgIpc) is 2.65. The lowest BCUT2D eigenvalue weighted by atomic mass is 10.1. The van der Waals surface area contributed by atoms with Crippen LogP contribution in [0.15, 0.2) is 53.4 Å². The van der Waals surface area contributed by atoms with Crippen molar-refractivity contribution in [2.24, 2.45) is 0 Å². The summed E-state index contributed by atoms with van der Waals surface area (Å²) in [4.78, 5) is 23.0. The quantitative estimate of drug-likeness (QED) is 0.738. The number of sulfone groups is 1. The van der Waals surface area contributed by atoms with Crippen LogP contribution in [0.5, 0.6) is 0 Å². The number of nitrogens with one attached hydrogen (secondary N) is 1. The minimum absolute atomic E-state index is 0.0577. The van der Waals surface area contributed by atoms with Crippen molar-refractivity contribution < 1.29 is 23.1 Å². The summed E-state index contributed by atoms with van der Waals surface area (Å²) in [5, 5.41) is 11.6. The van der Waals surface area contributed by atoms with Gasteiger partial charge in [-0.3, -0.25) is 4.79 Å². The highest BCUT2D eigenvalue weighted by Gasteiger charge is 2.11. The van der Waals surface area contributed by atoms with E-state index in [4.69, 9.17) is 5.11 Å². The molecule has 0 aliphatic carbocycles. The Balaban J connectivity index is 1.82. The lowest BCUT2D eigenvalue weighted by Crippen LogP contribution is -2.23. The molecule has 2 aromatic carbocycles. The molecule has 0 aliphatic heterocycles. The van der Waals surface area contributed by atoms with Crippen LogP contribution in [0, 0.1) is 0 Å². The Hall–Kier alpha value is -2.67. The molecule has 0 aromatic heterocycles. The van der Waals surface area contributed by atoms with E-state index in [2.05, 4.69) is 5.32 Å². The zero-order valence-corrected chi connectivity index (χ0v) is 15.3. The average molecular weight is 375 g/mol. The molecule has 0 saturated heterocycles. The molecular weight excluding hydrogens is 354 g/mol. The maximum atomic E-state index is 11.9. The third-order valence-electron chi connectivity index (χ3n) is 3.99. The van der Waals surface area contributed by atoms with Crippen LogP contribution in [-0.4, -0.2) is 31.2 Å². The summed E-state index contributed by atoms with van der Waals surface area (Å²) in [7, 11) is -3.21. The Morgan fingerprint density at radius 2 is 1.54 bits per heavy atom. The van der Waals surface area contributed by atoms with Crippen molar-refractivity contribution >= 4 is 21.7 Å². The number of carbonyl (C=O) groups is 2. The Kier molecular flexibility index (Phi) is 6.52. The van der Waals surface area contributed by atoms with Crippen molar-refractivity contribution in [2.45, 2.75) is 31.2 Å². The van der Waals surface area contributed by atoms with Gasteiger partial charge in [-0.25, -0.2) is 13.2 Å². The second kappa shape index (κ2) is 8.62. The molecule has 138 valence electrons. The summed E-state index contributed by atoms with van der Waals surface area (Å²) in [6, 6.07) is 12.9. The third-order valence-corrected chi connectivity index (χ3v) is 5.74. The van der Waals surface area contributed by atoms with E-state index in [0.717, 1.165) is 11.1 Å². The fourth-order valence-corrected chi connectivity index (χ4v) is 3.23. The van der Waals surface area contributed by atoms with E-state index in [1.165, 1.54) is 12.1 Å². The molecule has 0 atom stereocenters. The van der Waals surface area contributed by atoms with Crippen LogP contribution in [0.2, 0.25) is 0 Å². The van der Waals surface area contributed by atoms with Gasteiger partial charge in [0.2, 0.25) is 5.91 Å². The molecule has 0 heterocycles. The monoisotopic (exact) mass is 375 g/mol. The molecule has 0 fully saturated rings. The maximum absolute atomic E-state index is 11.9. The summed E-state index contributed by atoms with van der Waals surface area (Å²) in [6.07, 6.45) is 0.795. The van der Waals surface area contributed by atoms with Gasteiger partial charge in [0.1, 0.15) is 0 Å². The van der Waals surface area contributed by atoms with Crippen LogP contribution < -0.4 is 5.32 Å². The third kappa shape index (κ3) is 5.42. The predicted molar refractivity (Wildman–Crippen MR) is 97.7 cm³/mol. The van der Waals surface area contributed by atoms with E-state index in [1.807, 2.05) is 0 Å². The molecule has 2 rings (SSSR count). The fourth-order valence-electron chi connectivity index (χ4n) is 2.34. The van der Waals surface area contributed by atoms with E-state index in [1.54, 1.807) is 43.3 Å². The molecular formula is C19H21NO5S. The molecule has 0 radical (unpaired) electrons. The van der Waals surface area contributed by atoms with Gasteiger partial charge in [0, 0.05) is 13.0 Å². The Morgan fingerprint density at radius 1 is 0.962 bits per heavy atom. The smallest absolute Gasteiger partial charge is 0.335 e. The second-order valence-electron chi connectivity index (χ2n) is 5.83. The Labute approximate surface area is 152 Å². The molecule has 0 saturated carbocycles. The Bertz CT molecular complexity index is 871. The molecule has 0 unspecified atom stereocenters. The molecule has 26 heavy (non-hydrogen) atoms. The first-order valence-corrected chi connectivity index (χ1v) is 9.87. The number of aromatic carboxylic acids is 1. The standard InChI is InChI=1S/C19H21NO5S/c1-2-26(24,25)17-10-5-14(6-11-17)7-12-18(21)20-13-15-3-8-16(9-4-15)19(22)23/h3-6,8-11H,2,7,12-13H2,1H3,(H,20,21)(H,22,23). The van der Waals surface area contributed by atoms with Crippen molar-refractivity contribution in [3.05, 3.63) is 65.2 Å². The molecule has 0 bridgehead atoms. The minimum atomic E-state index is -3.21. The van der Waals surface area contributed by atoms with Crippen LogP contribution in [0.1, 0.15) is 34.8 Å². The highest BCUT2D eigenvalue weighted by Crippen LogP contribution is 2.13. The molecule has 7 heteroatoms. The number of carboxylic acid groups (broad SMARTS) is 1. The minimum Gasteiger partial charge on any atom is -0.478 e. The highest BCUT2D eigenvalue weighted by molar-refractivity contribution is 7.91.